The number of carbonyl (C=O) groups excluding carboxylic acids is 1. The average Bonchev–Trinajstić information content (AvgIpc) is 2.61. The van der Waals surface area contributed by atoms with E-state index in [0.717, 1.165) is 16.8 Å². The molecule has 0 aliphatic carbocycles. The summed E-state index contributed by atoms with van der Waals surface area (Å²) in [6.45, 7) is 5.80. The minimum atomic E-state index is -0.549. The quantitative estimate of drug-likeness (QED) is 0.649. The Morgan fingerprint density at radius 2 is 1.85 bits per heavy atom. The predicted octanol–water partition coefficient (Wildman–Crippen LogP) is 5.19. The maximum absolute atomic E-state index is 13.3. The van der Waals surface area contributed by atoms with Gasteiger partial charge in [0.05, 0.1) is 5.02 Å². The Kier molecular flexibility index (Phi) is 5.37. The molecular weight excluding hydrogens is 367 g/mol. The van der Waals surface area contributed by atoms with Crippen LogP contribution in [0.5, 0.6) is 0 Å². The molecule has 3 aromatic rings. The molecule has 0 radical (unpaired) electrons. The minimum absolute atomic E-state index is 0.0658. The molecule has 2 N–H and O–H groups in total. The fourth-order valence-corrected chi connectivity index (χ4v) is 2.70. The van der Waals surface area contributed by atoms with Gasteiger partial charge in [0.1, 0.15) is 11.5 Å². The number of nitrogens with zero attached hydrogens (tertiary/aromatic N) is 2. The van der Waals surface area contributed by atoms with E-state index in [9.17, 15) is 9.18 Å². The first kappa shape index (κ1) is 18.8. The van der Waals surface area contributed by atoms with Gasteiger partial charge in [0.25, 0.3) is 5.91 Å². The van der Waals surface area contributed by atoms with Crippen LogP contribution in [0.1, 0.15) is 27.3 Å². The monoisotopic (exact) mass is 384 g/mol. The highest BCUT2D eigenvalue weighted by atomic mass is 35.5. The third kappa shape index (κ3) is 4.41. The molecule has 0 bridgehead atoms. The van der Waals surface area contributed by atoms with Gasteiger partial charge in [-0.15, -0.1) is 0 Å². The largest absolute Gasteiger partial charge is 0.324 e. The molecule has 27 heavy (non-hydrogen) atoms. The third-order valence-electron chi connectivity index (χ3n) is 4.12. The van der Waals surface area contributed by atoms with Crippen LogP contribution in [0.4, 0.5) is 21.7 Å². The standard InChI is InChI=1S/C20H18ClFN4O/c1-11-5-4-6-17(13(11)3)25-20-23-12(2)9-18(26-20)19(27)24-14-7-8-16(22)15(21)10-14/h4-10H,1-3H3,(H,24,27)(H,23,25,26). The Bertz CT molecular complexity index is 1020. The van der Waals surface area contributed by atoms with Crippen molar-refractivity contribution in [1.82, 2.24) is 9.97 Å². The van der Waals surface area contributed by atoms with Gasteiger partial charge < -0.3 is 10.6 Å². The van der Waals surface area contributed by atoms with Gasteiger partial charge in [-0.1, -0.05) is 23.7 Å². The second-order valence-corrected chi connectivity index (χ2v) is 6.58. The van der Waals surface area contributed by atoms with Crippen molar-refractivity contribution in [3.8, 4) is 0 Å². The number of hydrogen-bond donors (Lipinski definition) is 2. The molecule has 0 saturated heterocycles. The molecule has 1 amide bonds. The van der Waals surface area contributed by atoms with Crippen LogP contribution in [0.25, 0.3) is 0 Å². The van der Waals surface area contributed by atoms with Crippen molar-refractivity contribution < 1.29 is 9.18 Å². The topological polar surface area (TPSA) is 66.9 Å². The fourth-order valence-electron chi connectivity index (χ4n) is 2.52. The molecule has 0 fully saturated rings. The molecule has 2 aromatic carbocycles. The van der Waals surface area contributed by atoms with E-state index in [-0.39, 0.29) is 10.7 Å². The van der Waals surface area contributed by atoms with Gasteiger partial charge in [0.15, 0.2) is 0 Å². The number of carbonyl (C=O) groups is 1. The lowest BCUT2D eigenvalue weighted by molar-refractivity contribution is 0.102. The van der Waals surface area contributed by atoms with Gasteiger partial charge >= 0.3 is 0 Å². The van der Waals surface area contributed by atoms with Gasteiger partial charge in [0, 0.05) is 17.1 Å². The Balaban J connectivity index is 1.85. The van der Waals surface area contributed by atoms with E-state index < -0.39 is 11.7 Å². The average molecular weight is 385 g/mol. The molecule has 0 aliphatic rings. The highest BCUT2D eigenvalue weighted by Crippen LogP contribution is 2.22. The number of hydrogen-bond acceptors (Lipinski definition) is 4. The van der Waals surface area contributed by atoms with E-state index in [0.29, 0.717) is 17.3 Å². The molecule has 0 atom stereocenters. The number of nitrogens with one attached hydrogen (secondary N) is 2. The van der Waals surface area contributed by atoms with Crippen LogP contribution in [0.2, 0.25) is 5.02 Å². The van der Waals surface area contributed by atoms with E-state index in [1.165, 1.54) is 18.2 Å². The Morgan fingerprint density at radius 1 is 1.07 bits per heavy atom. The molecule has 0 unspecified atom stereocenters. The Hall–Kier alpha value is -2.99. The Morgan fingerprint density at radius 3 is 2.59 bits per heavy atom. The normalized spacial score (nSPS) is 10.6. The molecule has 0 aliphatic heterocycles. The summed E-state index contributed by atoms with van der Waals surface area (Å²) in [6, 6.07) is 11.4. The van der Waals surface area contributed by atoms with Crippen molar-refractivity contribution in [2.75, 3.05) is 10.6 Å². The van der Waals surface area contributed by atoms with Crippen LogP contribution >= 0.6 is 11.6 Å². The summed E-state index contributed by atoms with van der Waals surface area (Å²) < 4.78 is 13.3. The molecule has 7 heteroatoms. The fraction of sp³-hybridized carbons (Fsp3) is 0.150. The lowest BCUT2D eigenvalue weighted by Crippen LogP contribution is -2.15. The molecule has 0 saturated carbocycles. The summed E-state index contributed by atoms with van der Waals surface area (Å²) >= 11 is 5.75. The number of amides is 1. The number of rotatable bonds is 4. The smallest absolute Gasteiger partial charge is 0.274 e. The summed E-state index contributed by atoms with van der Waals surface area (Å²) in [5.41, 5.74) is 4.30. The summed E-state index contributed by atoms with van der Waals surface area (Å²) in [4.78, 5) is 21.2. The number of anilines is 3. The third-order valence-corrected chi connectivity index (χ3v) is 4.41. The Labute approximate surface area is 161 Å². The van der Waals surface area contributed by atoms with Crippen LogP contribution in [-0.4, -0.2) is 15.9 Å². The minimum Gasteiger partial charge on any atom is -0.324 e. The summed E-state index contributed by atoms with van der Waals surface area (Å²) in [6.07, 6.45) is 0. The second kappa shape index (κ2) is 7.72. The summed E-state index contributed by atoms with van der Waals surface area (Å²) in [5.74, 6) is -0.661. The maximum atomic E-state index is 13.3. The molecular formula is C20H18ClFN4O. The van der Waals surface area contributed by atoms with E-state index in [1.54, 1.807) is 13.0 Å². The van der Waals surface area contributed by atoms with Crippen molar-refractivity contribution in [2.45, 2.75) is 20.8 Å². The molecule has 138 valence electrons. The predicted molar refractivity (Wildman–Crippen MR) is 105 cm³/mol. The van der Waals surface area contributed by atoms with Crippen molar-refractivity contribution in [3.63, 3.8) is 0 Å². The van der Waals surface area contributed by atoms with Crippen LogP contribution < -0.4 is 10.6 Å². The van der Waals surface area contributed by atoms with Crippen LogP contribution in [-0.2, 0) is 0 Å². The zero-order chi connectivity index (χ0) is 19.6. The number of aromatic nitrogens is 2. The lowest BCUT2D eigenvalue weighted by atomic mass is 10.1. The molecule has 1 aromatic heterocycles. The van der Waals surface area contributed by atoms with Crippen molar-refractivity contribution >= 4 is 34.8 Å². The lowest BCUT2D eigenvalue weighted by Gasteiger charge is -2.12. The van der Waals surface area contributed by atoms with E-state index in [1.807, 2.05) is 32.0 Å². The molecule has 3 rings (SSSR count). The number of benzene rings is 2. The van der Waals surface area contributed by atoms with Crippen LogP contribution in [0.3, 0.4) is 0 Å². The molecule has 0 spiro atoms. The SMILES string of the molecule is Cc1cc(C(=O)Nc2ccc(F)c(Cl)c2)nc(Nc2cccc(C)c2C)n1. The highest BCUT2D eigenvalue weighted by molar-refractivity contribution is 6.31. The number of halogens is 2. The first-order chi connectivity index (χ1) is 12.8. The summed E-state index contributed by atoms with van der Waals surface area (Å²) in [7, 11) is 0. The molecule has 5 nitrogen and oxygen atoms in total. The first-order valence-electron chi connectivity index (χ1n) is 8.29. The number of aryl methyl sites for hydroxylation is 2. The van der Waals surface area contributed by atoms with Crippen LogP contribution in [0, 0.1) is 26.6 Å². The van der Waals surface area contributed by atoms with Crippen LogP contribution in [0.15, 0.2) is 42.5 Å². The van der Waals surface area contributed by atoms with Gasteiger partial charge in [0.2, 0.25) is 5.95 Å². The molecule has 1 heterocycles. The maximum Gasteiger partial charge on any atom is 0.274 e. The van der Waals surface area contributed by atoms with Gasteiger partial charge in [-0.2, -0.15) is 0 Å². The van der Waals surface area contributed by atoms with Gasteiger partial charge in [-0.3, -0.25) is 4.79 Å². The first-order valence-corrected chi connectivity index (χ1v) is 8.66. The van der Waals surface area contributed by atoms with E-state index in [4.69, 9.17) is 11.6 Å². The summed E-state index contributed by atoms with van der Waals surface area (Å²) in [5, 5.41) is 5.75. The van der Waals surface area contributed by atoms with Crippen molar-refractivity contribution in [1.29, 1.82) is 0 Å². The second-order valence-electron chi connectivity index (χ2n) is 6.17. The zero-order valence-corrected chi connectivity index (χ0v) is 15.9. The van der Waals surface area contributed by atoms with E-state index in [2.05, 4.69) is 20.6 Å². The van der Waals surface area contributed by atoms with Crippen molar-refractivity contribution in [2.24, 2.45) is 0 Å². The van der Waals surface area contributed by atoms with E-state index >= 15 is 0 Å². The zero-order valence-electron chi connectivity index (χ0n) is 15.1. The van der Waals surface area contributed by atoms with Gasteiger partial charge in [-0.25, -0.2) is 14.4 Å². The van der Waals surface area contributed by atoms with Gasteiger partial charge in [-0.05, 0) is 62.2 Å². The highest BCUT2D eigenvalue weighted by Gasteiger charge is 2.13. The van der Waals surface area contributed by atoms with Crippen molar-refractivity contribution in [3.05, 3.63) is 75.8 Å².